The van der Waals surface area contributed by atoms with Crippen LogP contribution in [0.25, 0.3) is 0 Å². The number of hydrogen-bond acceptors (Lipinski definition) is 11. The van der Waals surface area contributed by atoms with Crippen LogP contribution < -0.4 is 5.32 Å². The van der Waals surface area contributed by atoms with Crippen molar-refractivity contribution >= 4 is 40.9 Å². The average molecular weight is 669 g/mol. The van der Waals surface area contributed by atoms with E-state index in [4.69, 9.17) is 4.74 Å². The van der Waals surface area contributed by atoms with Crippen molar-refractivity contribution in [2.75, 3.05) is 6.61 Å². The number of Topliss-reactive ketones (excluding diaryl/α,β-unsaturated/α-hetero) is 2. The van der Waals surface area contributed by atoms with E-state index in [1.54, 1.807) is 13.0 Å². The summed E-state index contributed by atoms with van der Waals surface area (Å²) in [7, 11) is 0. The van der Waals surface area contributed by atoms with Crippen LogP contribution in [0.15, 0.2) is 35.9 Å². The number of amides is 1. The molecule has 14 heteroatoms. The largest absolute Gasteiger partial charge is 0.480 e. The molecule has 3 fully saturated rings. The van der Waals surface area contributed by atoms with Gasteiger partial charge in [0.15, 0.2) is 18.4 Å². The molecule has 1 amide bonds. The van der Waals surface area contributed by atoms with Crippen LogP contribution in [0.1, 0.15) is 83.3 Å². The smallest absolute Gasteiger partial charge is 0.329 e. The summed E-state index contributed by atoms with van der Waals surface area (Å²) in [5.41, 5.74) is -2.89. The Morgan fingerprint density at radius 1 is 1.10 bits per heavy atom. The second-order valence-electron chi connectivity index (χ2n) is 14.1. The lowest BCUT2D eigenvalue weighted by Crippen LogP contribution is -2.61. The minimum Gasteiger partial charge on any atom is -0.480 e. The Hall–Kier alpha value is -4.30. The van der Waals surface area contributed by atoms with Gasteiger partial charge in [0.05, 0.1) is 11.3 Å². The molecule has 0 bridgehead atoms. The number of nitrogens with zero attached hydrogens (tertiary/aromatic N) is 1. The summed E-state index contributed by atoms with van der Waals surface area (Å²) in [6, 6.07) is 2.77. The summed E-state index contributed by atoms with van der Waals surface area (Å²) in [6.07, 6.45) is 1.71. The molecule has 0 heterocycles. The number of hydrogen-bond donors (Lipinski definition) is 4. The Kier molecular flexibility index (Phi) is 9.45. The molecular formula is C34H40N2O12. The summed E-state index contributed by atoms with van der Waals surface area (Å²) in [5.74, 6) is -4.68. The van der Waals surface area contributed by atoms with Gasteiger partial charge in [-0.05, 0) is 61.0 Å². The number of nitro groups is 1. The van der Waals surface area contributed by atoms with Crippen molar-refractivity contribution in [3.05, 3.63) is 51.6 Å². The number of non-ortho nitro benzene ring substituents is 1. The molecule has 0 aromatic heterocycles. The molecule has 1 aromatic carbocycles. The van der Waals surface area contributed by atoms with E-state index in [1.807, 2.05) is 0 Å². The predicted octanol–water partition coefficient (Wildman–Crippen LogP) is 2.53. The lowest BCUT2D eigenvalue weighted by molar-refractivity contribution is -0.385. The van der Waals surface area contributed by atoms with Crippen molar-refractivity contribution in [1.82, 2.24) is 5.32 Å². The number of aliphatic hydroxyl groups is 2. The fraction of sp³-hybridized carbons (Fsp3) is 0.588. The maximum atomic E-state index is 13.8. The summed E-state index contributed by atoms with van der Waals surface area (Å²) >= 11 is 0. The number of rotatable bonds is 11. The number of ketones is 3. The predicted molar refractivity (Wildman–Crippen MR) is 165 cm³/mol. The summed E-state index contributed by atoms with van der Waals surface area (Å²) in [5, 5.41) is 45.0. The molecule has 0 unspecified atom stereocenters. The number of nitro benzene ring substituents is 1. The Morgan fingerprint density at radius 2 is 1.83 bits per heavy atom. The first kappa shape index (κ1) is 35.0. The SMILES string of the molecule is C[C@]12CCC(=O)C=C1CC[C@@H]1[C@@H]2C(=O)C[C@@]2(C)[C@H]1CC[C@]2(O)C(=O)COC(=O)CCC(=O)N[C@H](C(=O)O)[C@@H](O)c1cccc([N+](=O)[O-])c1. The molecular weight excluding hydrogens is 628 g/mol. The molecule has 4 N–H and O–H groups in total. The number of allylic oxidation sites excluding steroid dienone is 1. The third kappa shape index (κ3) is 6.07. The standard InChI is InChI=1S/C34H40N2O12/c1-32-12-10-21(37)15-19(32)6-7-22-23-11-13-34(45,33(23,2)16-24(38)28(22)32)25(39)17-48-27(41)9-8-26(40)35-29(31(43)44)30(42)18-4-3-5-20(14-18)36(46)47/h3-5,14-15,22-23,28-30,42,45H,6-13,16-17H2,1-2H3,(H,35,40)(H,43,44)/t22-,23-,28+,29-,30-,32-,33-,34-/m0/s1. The van der Waals surface area contributed by atoms with Crippen LogP contribution in [-0.2, 0) is 33.5 Å². The van der Waals surface area contributed by atoms with E-state index in [9.17, 15) is 54.2 Å². The topological polar surface area (TPSA) is 228 Å². The van der Waals surface area contributed by atoms with Crippen LogP contribution in [0, 0.1) is 38.7 Å². The van der Waals surface area contributed by atoms with E-state index in [2.05, 4.69) is 12.2 Å². The van der Waals surface area contributed by atoms with Crippen LogP contribution in [0.3, 0.4) is 0 Å². The van der Waals surface area contributed by atoms with Gasteiger partial charge in [-0.25, -0.2) is 4.79 Å². The van der Waals surface area contributed by atoms with Gasteiger partial charge in [-0.3, -0.25) is 34.1 Å². The molecule has 3 saturated carbocycles. The average Bonchev–Trinajstić information content (AvgIpc) is 3.31. The number of ether oxygens (including phenoxy) is 1. The highest BCUT2D eigenvalue weighted by Crippen LogP contribution is 2.66. The molecule has 0 aliphatic heterocycles. The second kappa shape index (κ2) is 13.0. The molecule has 48 heavy (non-hydrogen) atoms. The molecule has 0 spiro atoms. The molecule has 1 aromatic rings. The van der Waals surface area contributed by atoms with Gasteiger partial charge in [0.2, 0.25) is 11.7 Å². The summed E-state index contributed by atoms with van der Waals surface area (Å²) < 4.78 is 5.11. The maximum Gasteiger partial charge on any atom is 0.329 e. The van der Waals surface area contributed by atoms with E-state index >= 15 is 0 Å². The number of carboxylic acid groups (broad SMARTS) is 1. The highest BCUT2D eigenvalue weighted by Gasteiger charge is 2.68. The van der Waals surface area contributed by atoms with E-state index < -0.39 is 76.6 Å². The van der Waals surface area contributed by atoms with E-state index in [-0.39, 0.29) is 53.4 Å². The van der Waals surface area contributed by atoms with Gasteiger partial charge < -0.3 is 25.4 Å². The first-order valence-electron chi connectivity index (χ1n) is 16.1. The van der Waals surface area contributed by atoms with E-state index in [1.165, 1.54) is 12.1 Å². The minimum absolute atomic E-state index is 0.0149. The number of aliphatic carboxylic acids is 1. The molecule has 0 saturated heterocycles. The number of nitrogens with one attached hydrogen (secondary N) is 1. The van der Waals surface area contributed by atoms with Gasteiger partial charge in [0.1, 0.15) is 17.5 Å². The van der Waals surface area contributed by atoms with E-state index in [0.29, 0.717) is 32.1 Å². The molecule has 5 rings (SSSR count). The molecule has 0 radical (unpaired) electrons. The quantitative estimate of drug-likeness (QED) is 0.152. The minimum atomic E-state index is -1.91. The number of carboxylic acids is 1. The van der Waals surface area contributed by atoms with Crippen molar-refractivity contribution in [2.24, 2.45) is 28.6 Å². The molecule has 4 aliphatic carbocycles. The van der Waals surface area contributed by atoms with Crippen LogP contribution in [-0.4, -0.2) is 73.7 Å². The van der Waals surface area contributed by atoms with Gasteiger partial charge in [0.25, 0.3) is 5.69 Å². The third-order valence-corrected chi connectivity index (χ3v) is 11.5. The lowest BCUT2D eigenvalue weighted by atomic mass is 9.46. The third-order valence-electron chi connectivity index (χ3n) is 11.5. The molecule has 258 valence electrons. The van der Waals surface area contributed by atoms with Crippen molar-refractivity contribution in [3.63, 3.8) is 0 Å². The fourth-order valence-corrected chi connectivity index (χ4v) is 8.93. The van der Waals surface area contributed by atoms with Crippen LogP contribution in [0.5, 0.6) is 0 Å². The highest BCUT2D eigenvalue weighted by molar-refractivity contribution is 5.95. The van der Waals surface area contributed by atoms with Crippen molar-refractivity contribution in [3.8, 4) is 0 Å². The Balaban J connectivity index is 1.17. The van der Waals surface area contributed by atoms with E-state index in [0.717, 1.165) is 17.7 Å². The maximum absolute atomic E-state index is 13.8. The zero-order valence-electron chi connectivity index (χ0n) is 26.8. The number of benzene rings is 1. The summed E-state index contributed by atoms with van der Waals surface area (Å²) in [4.78, 5) is 86.4. The Bertz CT molecular complexity index is 1600. The zero-order valence-corrected chi connectivity index (χ0v) is 26.8. The molecule has 14 nitrogen and oxygen atoms in total. The van der Waals surface area contributed by atoms with Crippen molar-refractivity contribution in [1.29, 1.82) is 0 Å². The monoisotopic (exact) mass is 668 g/mol. The number of fused-ring (bicyclic) bond motifs is 5. The first-order valence-corrected chi connectivity index (χ1v) is 16.1. The van der Waals surface area contributed by atoms with Gasteiger partial charge in [-0.15, -0.1) is 0 Å². The zero-order chi connectivity index (χ0) is 35.2. The second-order valence-corrected chi connectivity index (χ2v) is 14.1. The fourth-order valence-electron chi connectivity index (χ4n) is 8.93. The lowest BCUT2D eigenvalue weighted by Gasteiger charge is -2.57. The number of carbonyl (C=O) groups is 6. The normalized spacial score (nSPS) is 32.1. The number of esters is 1. The van der Waals surface area contributed by atoms with Crippen LogP contribution in [0.4, 0.5) is 5.69 Å². The summed E-state index contributed by atoms with van der Waals surface area (Å²) in [6.45, 7) is 3.02. The van der Waals surface area contributed by atoms with Gasteiger partial charge in [0, 0.05) is 42.7 Å². The van der Waals surface area contributed by atoms with Crippen LogP contribution >= 0.6 is 0 Å². The highest BCUT2D eigenvalue weighted by atomic mass is 16.6. The Labute approximate surface area is 276 Å². The molecule has 8 atom stereocenters. The number of aliphatic hydroxyl groups excluding tert-OH is 1. The first-order chi connectivity index (χ1) is 22.5. The Morgan fingerprint density at radius 3 is 2.52 bits per heavy atom. The van der Waals surface area contributed by atoms with Crippen molar-refractivity contribution < 1.29 is 53.7 Å². The van der Waals surface area contributed by atoms with Gasteiger partial charge >= 0.3 is 11.9 Å². The van der Waals surface area contributed by atoms with Crippen molar-refractivity contribution in [2.45, 2.75) is 89.4 Å². The van der Waals surface area contributed by atoms with Gasteiger partial charge in [-0.2, -0.15) is 0 Å². The van der Waals surface area contributed by atoms with Gasteiger partial charge in [-0.1, -0.05) is 31.6 Å². The molecule has 4 aliphatic rings. The van der Waals surface area contributed by atoms with Crippen LogP contribution in [0.2, 0.25) is 0 Å². The number of carbonyl (C=O) groups excluding carboxylic acids is 5.